The van der Waals surface area contributed by atoms with Crippen molar-refractivity contribution in [2.24, 2.45) is 5.92 Å². The minimum atomic E-state index is -4.86. The fraction of sp³-hybridized carbons (Fsp3) is 0.375. The van der Waals surface area contributed by atoms with E-state index in [4.69, 9.17) is 0 Å². The van der Waals surface area contributed by atoms with Crippen LogP contribution in [-0.2, 0) is 4.79 Å². The molecule has 0 amide bonds. The van der Waals surface area contributed by atoms with E-state index in [1.165, 1.54) is 19.1 Å². The van der Waals surface area contributed by atoms with Crippen LogP contribution in [0.2, 0.25) is 0 Å². The van der Waals surface area contributed by atoms with Gasteiger partial charge in [0, 0.05) is 33.2 Å². The molecule has 178 valence electrons. The van der Waals surface area contributed by atoms with Crippen molar-refractivity contribution in [2.45, 2.75) is 53.3 Å². The SMILES string of the molecule is CC.CC.CC(=O)C1CC1c1cccc(-c2c(C(=O)O)sc3ccc(OC(F)(F)F)cc23)n1. The maximum Gasteiger partial charge on any atom is 0.573 e. The van der Waals surface area contributed by atoms with E-state index in [0.29, 0.717) is 27.9 Å². The molecular weight excluding hydrogens is 455 g/mol. The molecule has 33 heavy (non-hydrogen) atoms. The van der Waals surface area contributed by atoms with Crippen molar-refractivity contribution in [1.29, 1.82) is 0 Å². The summed E-state index contributed by atoms with van der Waals surface area (Å²) in [4.78, 5) is 27.9. The lowest BCUT2D eigenvalue weighted by molar-refractivity contribution is -0.274. The third kappa shape index (κ3) is 6.10. The summed E-state index contributed by atoms with van der Waals surface area (Å²) in [6.07, 6.45) is -4.17. The summed E-state index contributed by atoms with van der Waals surface area (Å²) in [7, 11) is 0. The molecule has 1 aromatic carbocycles. The van der Waals surface area contributed by atoms with Crippen LogP contribution in [0.1, 0.15) is 62.3 Å². The van der Waals surface area contributed by atoms with E-state index >= 15 is 0 Å². The number of pyridine rings is 1. The van der Waals surface area contributed by atoms with Crippen LogP contribution in [0.4, 0.5) is 13.2 Å². The number of aromatic carboxylic acids is 1. The summed E-state index contributed by atoms with van der Waals surface area (Å²) < 4.78 is 42.3. The van der Waals surface area contributed by atoms with Crippen LogP contribution in [-0.4, -0.2) is 28.2 Å². The number of rotatable bonds is 5. The molecule has 0 aliphatic heterocycles. The number of carbonyl (C=O) groups excluding carboxylic acids is 1. The highest BCUT2D eigenvalue weighted by Gasteiger charge is 2.43. The third-order valence-corrected chi connectivity index (χ3v) is 5.97. The summed E-state index contributed by atoms with van der Waals surface area (Å²) in [5.74, 6) is -1.67. The second-order valence-corrected chi connectivity index (χ2v) is 7.88. The van der Waals surface area contributed by atoms with Crippen LogP contribution < -0.4 is 4.74 Å². The third-order valence-electron chi connectivity index (χ3n) is 4.81. The minimum Gasteiger partial charge on any atom is -0.477 e. The normalized spacial score (nSPS) is 16.7. The Hall–Kier alpha value is -2.94. The number of halogens is 3. The molecule has 2 atom stereocenters. The zero-order chi connectivity index (χ0) is 24.9. The Balaban J connectivity index is 0.000000914. The van der Waals surface area contributed by atoms with E-state index in [2.05, 4.69) is 9.72 Å². The molecule has 1 N–H and O–H groups in total. The second kappa shape index (κ2) is 10.8. The fourth-order valence-corrected chi connectivity index (χ4v) is 4.48. The molecule has 2 heterocycles. The van der Waals surface area contributed by atoms with Gasteiger partial charge in [-0.15, -0.1) is 24.5 Å². The summed E-state index contributed by atoms with van der Waals surface area (Å²) in [6, 6.07) is 8.80. The number of hydrogen-bond acceptors (Lipinski definition) is 5. The molecule has 0 radical (unpaired) electrons. The van der Waals surface area contributed by atoms with E-state index in [1.54, 1.807) is 18.2 Å². The molecule has 3 aromatic rings. The van der Waals surface area contributed by atoms with Gasteiger partial charge in [-0.3, -0.25) is 9.78 Å². The Morgan fingerprint density at radius 3 is 2.33 bits per heavy atom. The van der Waals surface area contributed by atoms with Crippen LogP contribution in [0, 0.1) is 5.92 Å². The van der Waals surface area contributed by atoms with Crippen molar-refractivity contribution in [1.82, 2.24) is 4.98 Å². The van der Waals surface area contributed by atoms with Crippen LogP contribution in [0.15, 0.2) is 36.4 Å². The molecule has 0 spiro atoms. The zero-order valence-corrected chi connectivity index (χ0v) is 19.8. The number of benzene rings is 1. The van der Waals surface area contributed by atoms with Gasteiger partial charge < -0.3 is 9.84 Å². The molecule has 2 aromatic heterocycles. The van der Waals surface area contributed by atoms with E-state index < -0.39 is 18.1 Å². The average molecular weight is 482 g/mol. The van der Waals surface area contributed by atoms with Gasteiger partial charge in [0.1, 0.15) is 16.4 Å². The monoisotopic (exact) mass is 481 g/mol. The van der Waals surface area contributed by atoms with Gasteiger partial charge in [0.25, 0.3) is 0 Å². The molecular formula is C24H26F3NO4S. The maximum atomic E-state index is 12.6. The highest BCUT2D eigenvalue weighted by molar-refractivity contribution is 7.21. The smallest absolute Gasteiger partial charge is 0.477 e. The summed E-state index contributed by atoms with van der Waals surface area (Å²) in [5, 5.41) is 9.93. The highest BCUT2D eigenvalue weighted by Crippen LogP contribution is 2.48. The zero-order valence-electron chi connectivity index (χ0n) is 19.0. The van der Waals surface area contributed by atoms with Crippen molar-refractivity contribution >= 4 is 33.2 Å². The number of hydrogen-bond donors (Lipinski definition) is 1. The number of thiophene rings is 1. The van der Waals surface area contributed by atoms with Gasteiger partial charge in [-0.1, -0.05) is 33.8 Å². The van der Waals surface area contributed by atoms with Crippen LogP contribution in [0.3, 0.4) is 0 Å². The lowest BCUT2D eigenvalue weighted by Crippen LogP contribution is -2.16. The van der Waals surface area contributed by atoms with Gasteiger partial charge in [0.15, 0.2) is 0 Å². The maximum absolute atomic E-state index is 12.6. The molecule has 2 unspecified atom stereocenters. The molecule has 1 aliphatic carbocycles. The van der Waals surface area contributed by atoms with Crippen molar-refractivity contribution < 1.29 is 32.6 Å². The topological polar surface area (TPSA) is 76.5 Å². The Labute approximate surface area is 194 Å². The number of ketones is 1. The van der Waals surface area contributed by atoms with Gasteiger partial charge in [0.2, 0.25) is 0 Å². The van der Waals surface area contributed by atoms with Crippen LogP contribution in [0.5, 0.6) is 5.75 Å². The Bertz CT molecular complexity index is 1140. The number of Topliss-reactive ketones (excluding diaryl/α,β-unsaturated/α-hetero) is 1. The number of carbonyl (C=O) groups is 2. The number of carboxylic acid groups (broad SMARTS) is 1. The first kappa shape index (κ1) is 26.3. The minimum absolute atomic E-state index is 0.0187. The number of carboxylic acids is 1. The molecule has 1 saturated carbocycles. The van der Waals surface area contributed by atoms with Gasteiger partial charge in [-0.05, 0) is 43.7 Å². The summed E-state index contributed by atoms with van der Waals surface area (Å²) in [5.41, 5.74) is 1.25. The highest BCUT2D eigenvalue weighted by atomic mass is 32.1. The van der Waals surface area contributed by atoms with Gasteiger partial charge in [0.05, 0.1) is 5.69 Å². The van der Waals surface area contributed by atoms with E-state index in [-0.39, 0.29) is 28.1 Å². The second-order valence-electron chi connectivity index (χ2n) is 6.82. The Morgan fingerprint density at radius 1 is 1.12 bits per heavy atom. The van der Waals surface area contributed by atoms with Crippen LogP contribution >= 0.6 is 11.3 Å². The fourth-order valence-electron chi connectivity index (χ4n) is 3.45. The number of ether oxygens (including phenoxy) is 1. The number of nitrogens with zero attached hydrogens (tertiary/aromatic N) is 1. The molecule has 1 fully saturated rings. The van der Waals surface area contributed by atoms with Crippen LogP contribution in [0.25, 0.3) is 21.3 Å². The number of alkyl halides is 3. The predicted molar refractivity (Wildman–Crippen MR) is 123 cm³/mol. The largest absolute Gasteiger partial charge is 0.573 e. The van der Waals surface area contributed by atoms with Gasteiger partial charge >= 0.3 is 12.3 Å². The first-order chi connectivity index (χ1) is 15.6. The molecule has 1 aliphatic rings. The van der Waals surface area contributed by atoms with E-state index in [0.717, 1.165) is 17.4 Å². The van der Waals surface area contributed by atoms with Gasteiger partial charge in [-0.25, -0.2) is 4.79 Å². The van der Waals surface area contributed by atoms with Gasteiger partial charge in [-0.2, -0.15) is 0 Å². The molecule has 5 nitrogen and oxygen atoms in total. The molecule has 9 heteroatoms. The summed E-state index contributed by atoms with van der Waals surface area (Å²) in [6.45, 7) is 9.52. The predicted octanol–water partition coefficient (Wildman–Crippen LogP) is 7.31. The van der Waals surface area contributed by atoms with Crippen molar-refractivity contribution in [3.63, 3.8) is 0 Å². The molecule has 0 bridgehead atoms. The van der Waals surface area contributed by atoms with Crippen molar-refractivity contribution in [3.8, 4) is 17.0 Å². The first-order valence-corrected chi connectivity index (χ1v) is 11.5. The van der Waals surface area contributed by atoms with Crippen molar-refractivity contribution in [3.05, 3.63) is 47.0 Å². The Kier molecular flexibility index (Phi) is 8.60. The quantitative estimate of drug-likeness (QED) is 0.414. The lowest BCUT2D eigenvalue weighted by Gasteiger charge is -2.09. The molecule has 0 saturated heterocycles. The van der Waals surface area contributed by atoms with E-state index in [1.807, 2.05) is 27.7 Å². The van der Waals surface area contributed by atoms with Crippen molar-refractivity contribution in [2.75, 3.05) is 0 Å². The van der Waals surface area contributed by atoms with E-state index in [9.17, 15) is 27.9 Å². The first-order valence-electron chi connectivity index (χ1n) is 10.7. The molecule has 4 rings (SSSR count). The standard InChI is InChI=1S/C20H14F3NO4S.2C2H6/c1-9(25)11-8-12(11)14-3-2-4-15(24-14)17-13-7-10(28-20(21,22)23)5-6-16(13)29-18(17)19(26)27;2*1-2/h2-7,11-12H,8H2,1H3,(H,26,27);2*1-2H3. The number of fused-ring (bicyclic) bond motifs is 1. The summed E-state index contributed by atoms with van der Waals surface area (Å²) >= 11 is 0.958. The Morgan fingerprint density at radius 2 is 1.79 bits per heavy atom. The number of aromatic nitrogens is 1. The average Bonchev–Trinajstić information content (AvgIpc) is 3.50. The lowest BCUT2D eigenvalue weighted by atomic mass is 10.0.